The average Bonchev–Trinajstić information content (AvgIpc) is 2.73. The number of carbonyl (C=O) groups excluding carboxylic acids is 2. The minimum absolute atomic E-state index is 0.0284. The molecule has 0 aromatic carbocycles. The van der Waals surface area contributed by atoms with E-state index >= 15 is 0 Å². The Morgan fingerprint density at radius 2 is 2.00 bits per heavy atom. The van der Waals surface area contributed by atoms with E-state index in [1.807, 2.05) is 0 Å². The number of hydrogen-bond donors (Lipinski definition) is 2. The third-order valence-corrected chi connectivity index (χ3v) is 3.68. The molecule has 1 aromatic rings. The zero-order valence-electron chi connectivity index (χ0n) is 12.2. The Hall–Kier alpha value is -2.15. The second-order valence-corrected chi connectivity index (χ2v) is 5.11. The van der Waals surface area contributed by atoms with Crippen molar-refractivity contribution in [3.63, 3.8) is 0 Å². The van der Waals surface area contributed by atoms with E-state index in [1.54, 1.807) is 13.8 Å². The lowest BCUT2D eigenvalue weighted by Gasteiger charge is -2.32. The summed E-state index contributed by atoms with van der Waals surface area (Å²) in [5.41, 5.74) is 1.92. The fraction of sp³-hybridized carbons (Fsp3) is 0.500. The molecule has 1 fully saturated rings. The second kappa shape index (κ2) is 5.69. The third kappa shape index (κ3) is 2.69. The molecule has 2 heterocycles. The minimum atomic E-state index is -1.10. The molecule has 7 heteroatoms. The minimum Gasteiger partial charge on any atom is -0.480 e. The number of aliphatic carboxylic acids is 1. The summed E-state index contributed by atoms with van der Waals surface area (Å²) in [6.07, 6.45) is 0. The van der Waals surface area contributed by atoms with Crippen molar-refractivity contribution in [3.05, 3.63) is 22.5 Å². The molecule has 0 aliphatic carbocycles. The summed E-state index contributed by atoms with van der Waals surface area (Å²) >= 11 is 0. The molecular weight excluding hydrogens is 276 g/mol. The van der Waals surface area contributed by atoms with E-state index in [0.29, 0.717) is 23.4 Å². The number of ketones is 1. The molecule has 1 aromatic heterocycles. The number of aromatic nitrogens is 1. The summed E-state index contributed by atoms with van der Waals surface area (Å²) in [4.78, 5) is 39.6. The lowest BCUT2D eigenvalue weighted by atomic mass is 10.1. The van der Waals surface area contributed by atoms with Gasteiger partial charge in [-0.25, -0.2) is 4.79 Å². The molecule has 7 nitrogen and oxygen atoms in total. The van der Waals surface area contributed by atoms with Gasteiger partial charge in [-0.2, -0.15) is 0 Å². The Kier molecular flexibility index (Phi) is 4.13. The number of aromatic amines is 1. The summed E-state index contributed by atoms with van der Waals surface area (Å²) < 4.78 is 5.12. The molecule has 21 heavy (non-hydrogen) atoms. The predicted octanol–water partition coefficient (Wildman–Crippen LogP) is 0.760. The Bertz CT molecular complexity index is 605. The number of aryl methyl sites for hydroxylation is 1. The molecular formula is C14H18N2O5. The molecule has 114 valence electrons. The van der Waals surface area contributed by atoms with Crippen molar-refractivity contribution in [2.75, 3.05) is 19.8 Å². The lowest BCUT2D eigenvalue weighted by Crippen LogP contribution is -2.52. The summed E-state index contributed by atoms with van der Waals surface area (Å²) in [5, 5.41) is 9.18. The number of carboxylic acids is 1. The maximum atomic E-state index is 12.6. The van der Waals surface area contributed by atoms with Crippen LogP contribution in [0.5, 0.6) is 0 Å². The molecule has 0 bridgehead atoms. The highest BCUT2D eigenvalue weighted by Crippen LogP contribution is 2.21. The van der Waals surface area contributed by atoms with Gasteiger partial charge in [-0.3, -0.25) is 9.59 Å². The van der Waals surface area contributed by atoms with Gasteiger partial charge in [-0.1, -0.05) is 0 Å². The second-order valence-electron chi connectivity index (χ2n) is 5.11. The van der Waals surface area contributed by atoms with Crippen LogP contribution in [0.15, 0.2) is 0 Å². The number of ether oxygens (including phenoxy) is 1. The summed E-state index contributed by atoms with van der Waals surface area (Å²) in [6, 6.07) is -1.00. The number of carbonyl (C=O) groups is 3. The van der Waals surface area contributed by atoms with Crippen LogP contribution in [0.25, 0.3) is 0 Å². The third-order valence-electron chi connectivity index (χ3n) is 3.68. The number of Topliss-reactive ketones (excluding diaryl/α,β-unsaturated/α-hetero) is 1. The Balaban J connectivity index is 2.37. The molecule has 0 radical (unpaired) electrons. The van der Waals surface area contributed by atoms with Crippen molar-refractivity contribution in [2.45, 2.75) is 26.8 Å². The van der Waals surface area contributed by atoms with Gasteiger partial charge in [0.1, 0.15) is 5.69 Å². The molecule has 0 saturated carbocycles. The largest absolute Gasteiger partial charge is 0.480 e. The molecule has 1 atom stereocenters. The van der Waals surface area contributed by atoms with Crippen LogP contribution in [-0.2, 0) is 9.53 Å². The van der Waals surface area contributed by atoms with E-state index in [0.717, 1.165) is 0 Å². The molecule has 1 amide bonds. The molecule has 2 rings (SSSR count). The van der Waals surface area contributed by atoms with Gasteiger partial charge in [-0.15, -0.1) is 0 Å². The first-order chi connectivity index (χ1) is 9.84. The molecule has 1 aliphatic rings. The SMILES string of the molecule is CC(=O)c1c(C)[nH]c(C(=O)N2CCOCC2C(=O)O)c1C. The van der Waals surface area contributed by atoms with Gasteiger partial charge in [0, 0.05) is 17.8 Å². The van der Waals surface area contributed by atoms with Gasteiger partial charge in [0.25, 0.3) is 5.91 Å². The van der Waals surface area contributed by atoms with Gasteiger partial charge in [0.2, 0.25) is 0 Å². The van der Waals surface area contributed by atoms with Crippen LogP contribution in [-0.4, -0.2) is 58.5 Å². The number of nitrogens with zero attached hydrogens (tertiary/aromatic N) is 1. The van der Waals surface area contributed by atoms with Crippen molar-refractivity contribution in [1.82, 2.24) is 9.88 Å². The number of carboxylic acid groups (broad SMARTS) is 1. The van der Waals surface area contributed by atoms with Crippen LogP contribution in [0.1, 0.15) is 39.0 Å². The van der Waals surface area contributed by atoms with Crippen LogP contribution in [0, 0.1) is 13.8 Å². The van der Waals surface area contributed by atoms with Crippen molar-refractivity contribution >= 4 is 17.7 Å². The van der Waals surface area contributed by atoms with E-state index < -0.39 is 17.9 Å². The van der Waals surface area contributed by atoms with E-state index in [2.05, 4.69) is 4.98 Å². The predicted molar refractivity (Wildman–Crippen MR) is 73.6 cm³/mol. The Morgan fingerprint density at radius 3 is 2.52 bits per heavy atom. The molecule has 1 saturated heterocycles. The fourth-order valence-corrected chi connectivity index (χ4v) is 2.69. The first kappa shape index (κ1) is 15.2. The smallest absolute Gasteiger partial charge is 0.328 e. The van der Waals surface area contributed by atoms with Crippen LogP contribution in [0.3, 0.4) is 0 Å². The van der Waals surface area contributed by atoms with Crippen LogP contribution < -0.4 is 0 Å². The lowest BCUT2D eigenvalue weighted by molar-refractivity contribution is -0.147. The maximum absolute atomic E-state index is 12.6. The zero-order valence-corrected chi connectivity index (χ0v) is 12.2. The fourth-order valence-electron chi connectivity index (χ4n) is 2.69. The van der Waals surface area contributed by atoms with Crippen LogP contribution >= 0.6 is 0 Å². The van der Waals surface area contributed by atoms with Crippen molar-refractivity contribution in [1.29, 1.82) is 0 Å². The van der Waals surface area contributed by atoms with Crippen molar-refractivity contribution < 1.29 is 24.2 Å². The summed E-state index contributed by atoms with van der Waals surface area (Å²) in [6.45, 7) is 5.32. The monoisotopic (exact) mass is 294 g/mol. The highest BCUT2D eigenvalue weighted by molar-refractivity contribution is 6.03. The molecule has 1 unspecified atom stereocenters. The topological polar surface area (TPSA) is 99.7 Å². The number of H-pyrrole nitrogens is 1. The maximum Gasteiger partial charge on any atom is 0.328 e. The number of hydrogen-bond acceptors (Lipinski definition) is 4. The van der Waals surface area contributed by atoms with E-state index in [4.69, 9.17) is 4.74 Å². The first-order valence-corrected chi connectivity index (χ1v) is 6.66. The normalized spacial score (nSPS) is 18.6. The van der Waals surface area contributed by atoms with Gasteiger partial charge < -0.3 is 19.7 Å². The Labute approximate surface area is 121 Å². The molecule has 2 N–H and O–H groups in total. The van der Waals surface area contributed by atoms with Gasteiger partial charge in [-0.05, 0) is 26.3 Å². The first-order valence-electron chi connectivity index (χ1n) is 6.66. The number of rotatable bonds is 3. The zero-order chi connectivity index (χ0) is 15.7. The van der Waals surface area contributed by atoms with E-state index in [-0.39, 0.29) is 24.6 Å². The number of amides is 1. The average molecular weight is 294 g/mol. The van der Waals surface area contributed by atoms with E-state index in [9.17, 15) is 19.5 Å². The van der Waals surface area contributed by atoms with Crippen molar-refractivity contribution in [3.8, 4) is 0 Å². The molecule has 1 aliphatic heterocycles. The summed E-state index contributed by atoms with van der Waals surface area (Å²) in [5.74, 6) is -1.65. The van der Waals surface area contributed by atoms with Crippen molar-refractivity contribution in [2.24, 2.45) is 0 Å². The number of morpholine rings is 1. The van der Waals surface area contributed by atoms with Gasteiger partial charge in [0.15, 0.2) is 11.8 Å². The van der Waals surface area contributed by atoms with Crippen LogP contribution in [0.2, 0.25) is 0 Å². The Morgan fingerprint density at radius 1 is 1.33 bits per heavy atom. The highest BCUT2D eigenvalue weighted by atomic mass is 16.5. The number of nitrogens with one attached hydrogen (secondary N) is 1. The van der Waals surface area contributed by atoms with Gasteiger partial charge >= 0.3 is 5.97 Å². The van der Waals surface area contributed by atoms with Gasteiger partial charge in [0.05, 0.1) is 13.2 Å². The quantitative estimate of drug-likeness (QED) is 0.802. The van der Waals surface area contributed by atoms with Crippen LogP contribution in [0.4, 0.5) is 0 Å². The highest BCUT2D eigenvalue weighted by Gasteiger charge is 2.35. The standard InChI is InChI=1S/C14H18N2O5/c1-7-11(9(3)17)8(2)15-12(7)13(18)16-4-5-21-6-10(16)14(19)20/h10,15H,4-6H2,1-3H3,(H,19,20). The summed E-state index contributed by atoms with van der Waals surface area (Å²) in [7, 11) is 0. The van der Waals surface area contributed by atoms with E-state index in [1.165, 1.54) is 11.8 Å². The molecule has 0 spiro atoms.